The number of thiazole rings is 1. The summed E-state index contributed by atoms with van der Waals surface area (Å²) in [4.78, 5) is 9.57. The molecular weight excluding hydrogens is 344 g/mol. The van der Waals surface area contributed by atoms with Crippen LogP contribution in [0, 0.1) is 6.92 Å². The van der Waals surface area contributed by atoms with Gasteiger partial charge in [0.05, 0.1) is 5.69 Å². The summed E-state index contributed by atoms with van der Waals surface area (Å²) in [5.74, 6) is 0.919. The second-order valence-corrected chi connectivity index (χ2v) is 6.53. The normalized spacial score (nSPS) is 10.9. The minimum atomic E-state index is 0.456. The first-order valence-corrected chi connectivity index (χ1v) is 8.38. The third-order valence-electron chi connectivity index (χ3n) is 3.42. The Bertz CT molecular complexity index is 980. The van der Waals surface area contributed by atoms with Crippen LogP contribution in [0.25, 0.3) is 32.8 Å². The average molecular weight is 355 g/mol. The summed E-state index contributed by atoms with van der Waals surface area (Å²) in [6.45, 7) is 1.93. The van der Waals surface area contributed by atoms with Crippen LogP contribution in [0.4, 0.5) is 0 Å². The van der Waals surface area contributed by atoms with E-state index in [0.717, 1.165) is 26.7 Å². The van der Waals surface area contributed by atoms with Crippen molar-refractivity contribution in [2.75, 3.05) is 0 Å². The Morgan fingerprint density at radius 1 is 1.00 bits per heavy atom. The minimum absolute atomic E-state index is 0.456. The minimum Gasteiger partial charge on any atom is -0.415 e. The lowest BCUT2D eigenvalue weighted by atomic mass is 10.2. The van der Waals surface area contributed by atoms with E-state index in [1.165, 1.54) is 11.3 Å². The molecule has 0 aliphatic heterocycles. The fourth-order valence-electron chi connectivity index (χ4n) is 2.23. The summed E-state index contributed by atoms with van der Waals surface area (Å²) in [7, 11) is 0. The van der Waals surface area contributed by atoms with Crippen LogP contribution in [0.1, 0.15) is 5.69 Å². The number of aromatic nitrogens is 4. The molecule has 0 atom stereocenters. The maximum absolute atomic E-state index is 5.90. The topological polar surface area (TPSA) is 64.7 Å². The molecule has 4 rings (SSSR count). The van der Waals surface area contributed by atoms with Gasteiger partial charge in [-0.1, -0.05) is 11.6 Å². The summed E-state index contributed by atoms with van der Waals surface area (Å²) in [6, 6.07) is 11.1. The molecular formula is C17H11ClN4OS. The molecule has 1 aromatic carbocycles. The fourth-order valence-corrected chi connectivity index (χ4v) is 3.34. The Morgan fingerprint density at radius 2 is 1.79 bits per heavy atom. The molecule has 0 saturated heterocycles. The van der Waals surface area contributed by atoms with Gasteiger partial charge in [0.25, 0.3) is 5.89 Å². The number of aryl methyl sites for hydroxylation is 1. The first kappa shape index (κ1) is 15.0. The Balaban J connectivity index is 1.70. The van der Waals surface area contributed by atoms with E-state index in [1.54, 1.807) is 24.5 Å². The monoisotopic (exact) mass is 354 g/mol. The molecule has 0 N–H and O–H groups in total. The highest BCUT2D eigenvalue weighted by Crippen LogP contribution is 2.35. The standard InChI is InChI=1S/C17H11ClN4OS/c1-10-14(24-17(20-10)12-3-2-8-19-9-12)16-22-21-15(23-16)11-4-6-13(18)7-5-11/h2-9H,1H3. The van der Waals surface area contributed by atoms with Crippen molar-refractivity contribution in [2.24, 2.45) is 0 Å². The zero-order valence-electron chi connectivity index (χ0n) is 12.6. The highest BCUT2D eigenvalue weighted by atomic mass is 35.5. The second kappa shape index (κ2) is 6.14. The molecule has 0 amide bonds. The van der Waals surface area contributed by atoms with Crippen molar-refractivity contribution in [3.63, 3.8) is 0 Å². The molecule has 0 radical (unpaired) electrons. The maximum atomic E-state index is 5.90. The van der Waals surface area contributed by atoms with E-state index in [0.29, 0.717) is 16.8 Å². The lowest BCUT2D eigenvalue weighted by molar-refractivity contribution is 0.585. The SMILES string of the molecule is Cc1nc(-c2cccnc2)sc1-c1nnc(-c2ccc(Cl)cc2)o1. The van der Waals surface area contributed by atoms with E-state index in [1.807, 2.05) is 31.2 Å². The van der Waals surface area contributed by atoms with Crippen LogP contribution in [0.5, 0.6) is 0 Å². The number of rotatable bonds is 3. The summed E-state index contributed by atoms with van der Waals surface area (Å²) >= 11 is 7.41. The van der Waals surface area contributed by atoms with Crippen molar-refractivity contribution in [2.45, 2.75) is 6.92 Å². The predicted octanol–water partition coefficient (Wildman–Crippen LogP) is 4.88. The molecule has 5 nitrogen and oxygen atoms in total. The first-order valence-electron chi connectivity index (χ1n) is 7.18. The van der Waals surface area contributed by atoms with Crippen LogP contribution in [0.3, 0.4) is 0 Å². The third-order valence-corrected chi connectivity index (χ3v) is 4.86. The maximum Gasteiger partial charge on any atom is 0.260 e. The highest BCUT2D eigenvalue weighted by molar-refractivity contribution is 7.18. The molecule has 0 aliphatic rings. The van der Waals surface area contributed by atoms with E-state index in [-0.39, 0.29) is 0 Å². The summed E-state index contributed by atoms with van der Waals surface area (Å²) < 4.78 is 5.82. The quantitative estimate of drug-likeness (QED) is 0.524. The van der Waals surface area contributed by atoms with Gasteiger partial charge >= 0.3 is 0 Å². The second-order valence-electron chi connectivity index (χ2n) is 5.09. The third kappa shape index (κ3) is 2.81. The van der Waals surface area contributed by atoms with Gasteiger partial charge in [-0.3, -0.25) is 4.98 Å². The van der Waals surface area contributed by atoms with Crippen molar-refractivity contribution in [3.8, 4) is 32.8 Å². The highest BCUT2D eigenvalue weighted by Gasteiger charge is 2.17. The Labute approximate surface area is 147 Å². The van der Waals surface area contributed by atoms with Crippen molar-refractivity contribution in [1.29, 1.82) is 0 Å². The van der Waals surface area contributed by atoms with Crippen LogP contribution in [0.15, 0.2) is 53.2 Å². The summed E-state index contributed by atoms with van der Waals surface area (Å²) in [5, 5.41) is 9.82. The van der Waals surface area contributed by atoms with E-state index < -0.39 is 0 Å². The number of pyridine rings is 1. The van der Waals surface area contributed by atoms with Gasteiger partial charge in [-0.15, -0.1) is 21.5 Å². The van der Waals surface area contributed by atoms with Crippen molar-refractivity contribution in [3.05, 3.63) is 59.5 Å². The largest absolute Gasteiger partial charge is 0.415 e. The molecule has 24 heavy (non-hydrogen) atoms. The van der Waals surface area contributed by atoms with E-state index in [9.17, 15) is 0 Å². The van der Waals surface area contributed by atoms with Gasteiger partial charge in [0.1, 0.15) is 9.88 Å². The Hall–Kier alpha value is -2.57. The Kier molecular flexibility index (Phi) is 3.84. The molecule has 3 aromatic heterocycles. The average Bonchev–Trinajstić information content (AvgIpc) is 3.23. The van der Waals surface area contributed by atoms with E-state index in [2.05, 4.69) is 20.2 Å². The van der Waals surface area contributed by atoms with Crippen LogP contribution in [0.2, 0.25) is 5.02 Å². The van der Waals surface area contributed by atoms with Crippen LogP contribution in [-0.4, -0.2) is 20.2 Å². The van der Waals surface area contributed by atoms with Gasteiger partial charge in [0, 0.05) is 28.5 Å². The number of benzene rings is 1. The van der Waals surface area contributed by atoms with Gasteiger partial charge < -0.3 is 4.42 Å². The first-order chi connectivity index (χ1) is 11.7. The molecule has 0 bridgehead atoms. The van der Waals surface area contributed by atoms with Crippen LogP contribution >= 0.6 is 22.9 Å². The predicted molar refractivity (Wildman–Crippen MR) is 93.8 cm³/mol. The molecule has 3 heterocycles. The smallest absolute Gasteiger partial charge is 0.260 e. The summed E-state index contributed by atoms with van der Waals surface area (Å²) in [6.07, 6.45) is 3.52. The van der Waals surface area contributed by atoms with Crippen molar-refractivity contribution >= 4 is 22.9 Å². The number of hydrogen-bond donors (Lipinski definition) is 0. The van der Waals surface area contributed by atoms with E-state index >= 15 is 0 Å². The van der Waals surface area contributed by atoms with Gasteiger partial charge in [-0.05, 0) is 43.3 Å². The fraction of sp³-hybridized carbons (Fsp3) is 0.0588. The lowest BCUT2D eigenvalue weighted by Crippen LogP contribution is -1.79. The number of hydrogen-bond acceptors (Lipinski definition) is 6. The lowest BCUT2D eigenvalue weighted by Gasteiger charge is -1.94. The van der Waals surface area contributed by atoms with Crippen LogP contribution in [-0.2, 0) is 0 Å². The molecule has 0 aliphatic carbocycles. The summed E-state index contributed by atoms with van der Waals surface area (Å²) in [5.41, 5.74) is 2.65. The van der Waals surface area contributed by atoms with Gasteiger partial charge in [-0.2, -0.15) is 0 Å². The van der Waals surface area contributed by atoms with Gasteiger partial charge in [-0.25, -0.2) is 4.98 Å². The Morgan fingerprint density at radius 3 is 2.54 bits per heavy atom. The van der Waals surface area contributed by atoms with Gasteiger partial charge in [0.15, 0.2) is 0 Å². The molecule has 0 saturated carbocycles. The molecule has 4 aromatic rings. The van der Waals surface area contributed by atoms with Crippen molar-refractivity contribution < 1.29 is 4.42 Å². The van der Waals surface area contributed by atoms with Crippen LogP contribution < -0.4 is 0 Å². The molecule has 118 valence electrons. The van der Waals surface area contributed by atoms with Gasteiger partial charge in [0.2, 0.25) is 5.89 Å². The van der Waals surface area contributed by atoms with E-state index in [4.69, 9.17) is 16.0 Å². The molecule has 0 spiro atoms. The zero-order valence-corrected chi connectivity index (χ0v) is 14.2. The molecule has 0 fully saturated rings. The number of nitrogens with zero attached hydrogens (tertiary/aromatic N) is 4. The molecule has 0 unspecified atom stereocenters. The zero-order chi connectivity index (χ0) is 16.5. The number of halogens is 1. The van der Waals surface area contributed by atoms with Crippen molar-refractivity contribution in [1.82, 2.24) is 20.2 Å². The molecule has 7 heteroatoms.